The Morgan fingerprint density at radius 1 is 1.00 bits per heavy atom. The molecule has 1 rings (SSSR count). The minimum atomic E-state index is -0.459. The minimum Gasteiger partial charge on any atom is -0.458 e. The molecule has 0 heterocycles. The molecule has 0 saturated carbocycles. The Morgan fingerprint density at radius 3 is 2.23 bits per heavy atom. The number of allylic oxidation sites excluding steroid dienone is 3. The Labute approximate surface area is 132 Å². The number of ketones is 1. The van der Waals surface area contributed by atoms with E-state index in [1.54, 1.807) is 24.3 Å². The first-order valence-electron chi connectivity index (χ1n) is 7.48. The predicted octanol–water partition coefficient (Wildman–Crippen LogP) is 4.74. The predicted molar refractivity (Wildman–Crippen MR) is 89.2 cm³/mol. The third-order valence-electron chi connectivity index (χ3n) is 3.26. The highest BCUT2D eigenvalue weighted by Crippen LogP contribution is 2.12. The van der Waals surface area contributed by atoms with E-state index in [-0.39, 0.29) is 12.4 Å². The number of carbonyl (C=O) groups excluding carboxylic acids is 2. The molecule has 3 nitrogen and oxygen atoms in total. The van der Waals surface area contributed by atoms with Gasteiger partial charge in [-0.25, -0.2) is 4.79 Å². The molecule has 0 unspecified atom stereocenters. The van der Waals surface area contributed by atoms with Gasteiger partial charge in [0.2, 0.25) is 0 Å². The summed E-state index contributed by atoms with van der Waals surface area (Å²) in [7, 11) is 0. The minimum absolute atomic E-state index is 0.138. The largest absolute Gasteiger partial charge is 0.458 e. The molecule has 0 aliphatic heterocycles. The first kappa shape index (κ1) is 17.9. The van der Waals surface area contributed by atoms with Crippen LogP contribution >= 0.6 is 0 Å². The van der Waals surface area contributed by atoms with E-state index < -0.39 is 5.97 Å². The van der Waals surface area contributed by atoms with Crippen molar-refractivity contribution in [3.8, 4) is 0 Å². The summed E-state index contributed by atoms with van der Waals surface area (Å²) in [5, 5.41) is 0. The maximum Gasteiger partial charge on any atom is 0.339 e. The number of benzene rings is 1. The van der Waals surface area contributed by atoms with Crippen molar-refractivity contribution in [2.24, 2.45) is 0 Å². The second-order valence-corrected chi connectivity index (χ2v) is 5.57. The molecular weight excluding hydrogens is 276 g/mol. The van der Waals surface area contributed by atoms with Crippen molar-refractivity contribution < 1.29 is 14.3 Å². The van der Waals surface area contributed by atoms with Gasteiger partial charge in [0.1, 0.15) is 6.61 Å². The fourth-order valence-electron chi connectivity index (χ4n) is 2.00. The van der Waals surface area contributed by atoms with Crippen molar-refractivity contribution in [2.45, 2.75) is 40.5 Å². The quantitative estimate of drug-likeness (QED) is 0.415. The van der Waals surface area contributed by atoms with Crippen LogP contribution in [0.25, 0.3) is 0 Å². The Kier molecular flexibility index (Phi) is 7.30. The Balaban J connectivity index is 2.56. The molecule has 0 N–H and O–H groups in total. The van der Waals surface area contributed by atoms with Gasteiger partial charge < -0.3 is 4.74 Å². The fourth-order valence-corrected chi connectivity index (χ4v) is 2.00. The fraction of sp³-hybridized carbons (Fsp3) is 0.368. The summed E-state index contributed by atoms with van der Waals surface area (Å²) in [6.07, 6.45) is 6.04. The van der Waals surface area contributed by atoms with Crippen LogP contribution in [0.3, 0.4) is 0 Å². The van der Waals surface area contributed by atoms with E-state index >= 15 is 0 Å². The van der Waals surface area contributed by atoms with Gasteiger partial charge in [-0.3, -0.25) is 4.79 Å². The molecule has 0 bridgehead atoms. The summed E-state index contributed by atoms with van der Waals surface area (Å²) >= 11 is 0. The van der Waals surface area contributed by atoms with E-state index in [0.29, 0.717) is 11.1 Å². The normalized spacial score (nSPS) is 11.0. The van der Waals surface area contributed by atoms with E-state index in [1.165, 1.54) is 18.1 Å². The smallest absolute Gasteiger partial charge is 0.339 e. The van der Waals surface area contributed by atoms with Gasteiger partial charge in [0.15, 0.2) is 5.78 Å². The lowest BCUT2D eigenvalue weighted by molar-refractivity contribution is 0.0545. The second-order valence-electron chi connectivity index (χ2n) is 5.57. The van der Waals surface area contributed by atoms with Crippen LogP contribution in [-0.4, -0.2) is 18.4 Å². The summed E-state index contributed by atoms with van der Waals surface area (Å²) in [5.41, 5.74) is 3.22. The van der Waals surface area contributed by atoms with E-state index in [0.717, 1.165) is 12.8 Å². The molecule has 118 valence electrons. The summed E-state index contributed by atoms with van der Waals surface area (Å²) in [6.45, 7) is 7.85. The zero-order chi connectivity index (χ0) is 16.5. The molecule has 0 atom stereocenters. The Bertz CT molecular complexity index is 590. The number of Topliss-reactive ketones (excluding diaryl/α,β-unsaturated/α-hetero) is 1. The molecule has 0 aromatic heterocycles. The van der Waals surface area contributed by atoms with Crippen molar-refractivity contribution in [3.05, 3.63) is 58.7 Å². The zero-order valence-corrected chi connectivity index (χ0v) is 13.8. The van der Waals surface area contributed by atoms with Crippen molar-refractivity contribution in [3.63, 3.8) is 0 Å². The molecule has 3 heteroatoms. The van der Waals surface area contributed by atoms with Crippen molar-refractivity contribution in [1.82, 2.24) is 0 Å². The van der Waals surface area contributed by atoms with Crippen LogP contribution in [-0.2, 0) is 4.74 Å². The molecular formula is C19H24O3. The lowest BCUT2D eigenvalue weighted by Crippen LogP contribution is -2.10. The van der Waals surface area contributed by atoms with Crippen LogP contribution in [0, 0.1) is 0 Å². The van der Waals surface area contributed by atoms with E-state index in [4.69, 9.17) is 4.74 Å². The van der Waals surface area contributed by atoms with Crippen LogP contribution in [0.1, 0.15) is 61.3 Å². The topological polar surface area (TPSA) is 43.4 Å². The molecule has 0 radical (unpaired) electrons. The van der Waals surface area contributed by atoms with Gasteiger partial charge in [-0.15, -0.1) is 0 Å². The van der Waals surface area contributed by atoms with E-state index in [9.17, 15) is 9.59 Å². The number of carbonyl (C=O) groups is 2. The molecule has 0 aliphatic carbocycles. The third kappa shape index (κ3) is 6.08. The van der Waals surface area contributed by atoms with E-state index in [2.05, 4.69) is 19.9 Å². The number of esters is 1. The number of hydrogen-bond donors (Lipinski definition) is 0. The molecule has 0 saturated heterocycles. The van der Waals surface area contributed by atoms with Crippen LogP contribution in [0.5, 0.6) is 0 Å². The van der Waals surface area contributed by atoms with Crippen molar-refractivity contribution in [2.75, 3.05) is 6.61 Å². The zero-order valence-electron chi connectivity index (χ0n) is 13.8. The molecule has 0 aliphatic rings. The van der Waals surface area contributed by atoms with Crippen molar-refractivity contribution in [1.29, 1.82) is 0 Å². The van der Waals surface area contributed by atoms with Gasteiger partial charge in [-0.1, -0.05) is 35.4 Å². The molecule has 0 spiro atoms. The van der Waals surface area contributed by atoms with Gasteiger partial charge in [-0.2, -0.15) is 0 Å². The number of ether oxygens (including phenoxy) is 1. The maximum atomic E-state index is 12.0. The molecule has 0 fully saturated rings. The summed E-state index contributed by atoms with van der Waals surface area (Å²) < 4.78 is 5.23. The summed E-state index contributed by atoms with van der Waals surface area (Å²) in [5.74, 6) is -0.597. The third-order valence-corrected chi connectivity index (χ3v) is 3.26. The summed E-state index contributed by atoms with van der Waals surface area (Å²) in [6, 6.07) is 6.72. The average Bonchev–Trinajstić information content (AvgIpc) is 2.46. The Hall–Kier alpha value is -2.16. The maximum absolute atomic E-state index is 12.0. The van der Waals surface area contributed by atoms with Crippen LogP contribution in [0.15, 0.2) is 47.6 Å². The Morgan fingerprint density at radius 2 is 1.64 bits per heavy atom. The first-order valence-corrected chi connectivity index (χ1v) is 7.48. The van der Waals surface area contributed by atoms with Crippen LogP contribution < -0.4 is 0 Å². The van der Waals surface area contributed by atoms with E-state index in [1.807, 2.05) is 13.0 Å². The molecule has 0 amide bonds. The van der Waals surface area contributed by atoms with Crippen molar-refractivity contribution >= 4 is 11.8 Å². The van der Waals surface area contributed by atoms with Gasteiger partial charge in [0, 0.05) is 5.56 Å². The molecule has 22 heavy (non-hydrogen) atoms. The number of rotatable bonds is 7. The first-order chi connectivity index (χ1) is 10.4. The standard InChI is InChI=1S/C19H24O3/c1-14(2)8-7-9-15(3)12-13-22-19(21)18-11-6-5-10-17(18)16(4)20/h5-6,8,10-12H,7,9,13H2,1-4H3/b15-12+. The van der Waals surface area contributed by atoms with Gasteiger partial charge in [0.05, 0.1) is 5.56 Å². The van der Waals surface area contributed by atoms with Gasteiger partial charge in [0.25, 0.3) is 0 Å². The van der Waals surface area contributed by atoms with Gasteiger partial charge in [-0.05, 0) is 52.7 Å². The second kappa shape index (κ2) is 8.98. The monoisotopic (exact) mass is 300 g/mol. The van der Waals surface area contributed by atoms with Gasteiger partial charge >= 0.3 is 5.97 Å². The average molecular weight is 300 g/mol. The molecule has 1 aromatic rings. The highest BCUT2D eigenvalue weighted by Gasteiger charge is 2.14. The van der Waals surface area contributed by atoms with Crippen LogP contribution in [0.2, 0.25) is 0 Å². The summed E-state index contributed by atoms with van der Waals surface area (Å²) in [4.78, 5) is 23.5. The lowest BCUT2D eigenvalue weighted by atomic mass is 10.0. The number of hydrogen-bond acceptors (Lipinski definition) is 3. The highest BCUT2D eigenvalue weighted by molar-refractivity contribution is 6.05. The molecule has 1 aromatic carbocycles. The lowest BCUT2D eigenvalue weighted by Gasteiger charge is -2.06. The highest BCUT2D eigenvalue weighted by atomic mass is 16.5. The van der Waals surface area contributed by atoms with Crippen LogP contribution in [0.4, 0.5) is 0 Å². The SMILES string of the molecule is CC(=O)c1ccccc1C(=O)OC/C=C(\C)CCC=C(C)C.